The second-order valence-electron chi connectivity index (χ2n) is 4.86. The molecule has 3 N–H and O–H groups in total. The molecule has 0 unspecified atom stereocenters. The molecule has 0 aliphatic carbocycles. The molecule has 8 nitrogen and oxygen atoms in total. The Morgan fingerprint density at radius 3 is 2.52 bits per heavy atom. The number of phenolic OH excluding ortho intramolecular Hbond substituents is 1. The first-order valence-corrected chi connectivity index (χ1v) is 7.14. The van der Waals surface area contributed by atoms with Gasteiger partial charge in [-0.05, 0) is 41.5 Å². The molecule has 0 aliphatic heterocycles. The van der Waals surface area contributed by atoms with E-state index < -0.39 is 5.97 Å². The molecule has 25 heavy (non-hydrogen) atoms. The number of benzene rings is 2. The average molecular weight is 347 g/mol. The van der Waals surface area contributed by atoms with Crippen molar-refractivity contribution in [2.24, 2.45) is 0 Å². The molecule has 0 saturated carbocycles. The number of rotatable bonds is 7. The molecule has 2 aromatic carbocycles. The molecule has 2 rings (SSSR count). The zero-order valence-electron chi connectivity index (χ0n) is 13.3. The van der Waals surface area contributed by atoms with Gasteiger partial charge in [0, 0.05) is 6.08 Å². The Morgan fingerprint density at radius 1 is 1.16 bits per heavy atom. The van der Waals surface area contributed by atoms with Crippen molar-refractivity contribution in [2.45, 2.75) is 6.61 Å². The van der Waals surface area contributed by atoms with Crippen molar-refractivity contribution < 1.29 is 34.6 Å². The van der Waals surface area contributed by atoms with Gasteiger partial charge in [0.2, 0.25) is 0 Å². The minimum atomic E-state index is -0.576. The molecule has 132 valence electrons. The van der Waals surface area contributed by atoms with Crippen LogP contribution in [0.2, 0.25) is 0 Å². The smallest absolute Gasteiger partial charge is 0.336 e. The summed E-state index contributed by atoms with van der Waals surface area (Å²) in [5.41, 5.74) is 1.32. The van der Waals surface area contributed by atoms with Crippen LogP contribution in [0.5, 0.6) is 17.2 Å². The van der Waals surface area contributed by atoms with Gasteiger partial charge in [-0.3, -0.25) is 10.4 Å². The third kappa shape index (κ3) is 5.90. The van der Waals surface area contributed by atoms with E-state index >= 15 is 0 Å². The summed E-state index contributed by atoms with van der Waals surface area (Å²) in [5, 5.41) is 26.1. The number of hydrogen-bond donors (Lipinski definition) is 3. The fourth-order valence-electron chi connectivity index (χ4n) is 1.90. The van der Waals surface area contributed by atoms with Gasteiger partial charge in [-0.15, -0.1) is 0 Å². The molecule has 8 heteroatoms. The lowest BCUT2D eigenvalue weighted by Crippen LogP contribution is -2.13. The van der Waals surface area contributed by atoms with Crippen LogP contribution < -0.4 is 9.47 Å². The topological polar surface area (TPSA) is 109 Å². The van der Waals surface area contributed by atoms with Crippen LogP contribution >= 0.6 is 0 Å². The Balaban J connectivity index is 1.93. The van der Waals surface area contributed by atoms with E-state index in [1.54, 1.807) is 36.4 Å². The Morgan fingerprint density at radius 2 is 1.88 bits per heavy atom. The highest BCUT2D eigenvalue weighted by Gasteiger charge is 2.04. The molecule has 0 bridgehead atoms. The Labute approximate surface area is 143 Å². The molecule has 0 aromatic heterocycles. The number of carbonyl (C=O) groups is 1. The number of hydrogen-bond acceptors (Lipinski definition) is 8. The van der Waals surface area contributed by atoms with Gasteiger partial charge in [-0.1, -0.05) is 18.2 Å². The largest absolute Gasteiger partial charge is 0.504 e. The molecule has 0 atom stereocenters. The van der Waals surface area contributed by atoms with Crippen molar-refractivity contribution in [3.05, 3.63) is 59.7 Å². The van der Waals surface area contributed by atoms with Crippen LogP contribution in [-0.2, 0) is 16.2 Å². The number of ether oxygens (including phenoxy) is 2. The molecule has 0 saturated heterocycles. The number of nitrogens with zero attached hydrogens (tertiary/aromatic N) is 1. The third-order valence-corrected chi connectivity index (χ3v) is 3.10. The van der Waals surface area contributed by atoms with Crippen LogP contribution in [0.1, 0.15) is 11.1 Å². The number of carbonyl (C=O) groups excluding carboxylic acids is 1. The van der Waals surface area contributed by atoms with Gasteiger partial charge < -0.3 is 14.6 Å². The minimum Gasteiger partial charge on any atom is -0.504 e. The summed E-state index contributed by atoms with van der Waals surface area (Å²) in [6, 6.07) is 11.0. The Bertz CT molecular complexity index is 741. The first kappa shape index (κ1) is 18.4. The van der Waals surface area contributed by atoms with Crippen LogP contribution in [0.4, 0.5) is 0 Å². The highest BCUT2D eigenvalue weighted by Crippen LogP contribution is 2.26. The van der Waals surface area contributed by atoms with Gasteiger partial charge in [0.25, 0.3) is 0 Å². The van der Waals surface area contributed by atoms with Crippen LogP contribution in [-0.4, -0.2) is 34.0 Å². The normalized spacial score (nSPS) is 11.0. The van der Waals surface area contributed by atoms with Gasteiger partial charge in [-0.25, -0.2) is 9.63 Å². The average Bonchev–Trinajstić information content (AvgIpc) is 2.60. The summed E-state index contributed by atoms with van der Waals surface area (Å²) in [6.45, 7) is -0.0518. The fourth-order valence-corrected chi connectivity index (χ4v) is 1.90. The van der Waals surface area contributed by atoms with Crippen molar-refractivity contribution in [2.75, 3.05) is 7.11 Å². The van der Waals surface area contributed by atoms with E-state index in [4.69, 9.17) is 19.9 Å². The summed E-state index contributed by atoms with van der Waals surface area (Å²) in [6.07, 6.45) is 2.78. The summed E-state index contributed by atoms with van der Waals surface area (Å²) < 4.78 is 10.1. The van der Waals surface area contributed by atoms with Gasteiger partial charge in [-0.2, -0.15) is 0 Å². The van der Waals surface area contributed by atoms with Crippen molar-refractivity contribution in [3.8, 4) is 17.2 Å². The number of phenols is 1. The highest BCUT2D eigenvalue weighted by molar-refractivity contribution is 5.88. The quantitative estimate of drug-likeness (QED) is 0.303. The monoisotopic (exact) mass is 347 g/mol. The van der Waals surface area contributed by atoms with E-state index in [1.165, 1.54) is 25.3 Å². The van der Waals surface area contributed by atoms with Gasteiger partial charge in [0.05, 0.1) is 19.1 Å². The molecule has 0 radical (unpaired) electrons. The molecular weight excluding hydrogens is 330 g/mol. The van der Waals surface area contributed by atoms with Crippen LogP contribution in [0, 0.1) is 0 Å². The third-order valence-electron chi connectivity index (χ3n) is 3.10. The predicted octanol–water partition coefficient (Wildman–Crippen LogP) is 2.53. The summed E-state index contributed by atoms with van der Waals surface area (Å²) in [7, 11) is 1.43. The fraction of sp³-hybridized carbons (Fsp3) is 0.118. The summed E-state index contributed by atoms with van der Waals surface area (Å²) in [5.74, 6) is 0.0638. The van der Waals surface area contributed by atoms with Crippen LogP contribution in [0.15, 0.2) is 48.5 Å². The standard InChI is InChI=1S/C17H17NO7/c1-23-16-10-12(4-8-15(16)19)5-9-17(20)25-14-6-2-13(3-7-14)11-24-18(21)22/h2-10,19,21-22H,11H2,1H3/b9-5+. The van der Waals surface area contributed by atoms with Crippen LogP contribution in [0.25, 0.3) is 6.08 Å². The first-order chi connectivity index (χ1) is 12.0. The van der Waals surface area contributed by atoms with Gasteiger partial charge >= 0.3 is 5.97 Å². The van der Waals surface area contributed by atoms with Gasteiger partial charge in [0.1, 0.15) is 5.75 Å². The highest BCUT2D eigenvalue weighted by atomic mass is 17.1. The number of esters is 1. The summed E-state index contributed by atoms with van der Waals surface area (Å²) in [4.78, 5) is 16.3. The zero-order chi connectivity index (χ0) is 18.2. The van der Waals surface area contributed by atoms with Crippen molar-refractivity contribution in [3.63, 3.8) is 0 Å². The van der Waals surface area contributed by atoms with E-state index in [9.17, 15) is 9.90 Å². The van der Waals surface area contributed by atoms with Crippen LogP contribution in [0.3, 0.4) is 0 Å². The maximum atomic E-state index is 11.8. The lowest BCUT2D eigenvalue weighted by atomic mass is 10.2. The minimum absolute atomic E-state index is 0.0109. The second-order valence-corrected chi connectivity index (χ2v) is 4.86. The Hall–Kier alpha value is -2.91. The van der Waals surface area contributed by atoms with Crippen molar-refractivity contribution >= 4 is 12.0 Å². The maximum absolute atomic E-state index is 11.8. The molecule has 2 aromatic rings. The lowest BCUT2D eigenvalue weighted by molar-refractivity contribution is -0.497. The van der Waals surface area contributed by atoms with Gasteiger partial charge in [0.15, 0.2) is 11.5 Å². The molecule has 0 aliphatic rings. The second kappa shape index (κ2) is 8.81. The van der Waals surface area contributed by atoms with E-state index in [-0.39, 0.29) is 17.7 Å². The summed E-state index contributed by atoms with van der Waals surface area (Å²) >= 11 is 0. The molecular formula is C17H17NO7. The van der Waals surface area contributed by atoms with E-state index in [2.05, 4.69) is 4.84 Å². The van der Waals surface area contributed by atoms with Crippen molar-refractivity contribution in [1.29, 1.82) is 0 Å². The number of methoxy groups -OCH3 is 1. The SMILES string of the molecule is COc1cc(/C=C/C(=O)Oc2ccc(CON(O)O)cc2)ccc1O. The maximum Gasteiger partial charge on any atom is 0.336 e. The molecule has 0 spiro atoms. The van der Waals surface area contributed by atoms with Crippen molar-refractivity contribution in [1.82, 2.24) is 5.39 Å². The Kier molecular flexibility index (Phi) is 6.49. The molecule has 0 amide bonds. The van der Waals surface area contributed by atoms with E-state index in [0.717, 1.165) is 0 Å². The molecule has 0 fully saturated rings. The lowest BCUT2D eigenvalue weighted by Gasteiger charge is -2.07. The zero-order valence-corrected chi connectivity index (χ0v) is 13.3. The predicted molar refractivity (Wildman–Crippen MR) is 86.0 cm³/mol. The molecule has 0 heterocycles. The van der Waals surface area contributed by atoms with E-state index in [1.807, 2.05) is 0 Å². The number of aromatic hydroxyl groups is 1. The van der Waals surface area contributed by atoms with E-state index in [0.29, 0.717) is 22.6 Å². The first-order valence-electron chi connectivity index (χ1n) is 7.14.